The number of nitrogens with zero attached hydrogens (tertiary/aromatic N) is 3. The number of hydrogen-bond donors (Lipinski definition) is 1. The molecule has 152 valence electrons. The molecule has 0 radical (unpaired) electrons. The summed E-state index contributed by atoms with van der Waals surface area (Å²) in [6, 6.07) is 13.6. The summed E-state index contributed by atoms with van der Waals surface area (Å²) in [6.07, 6.45) is 0. The highest BCUT2D eigenvalue weighted by Crippen LogP contribution is 2.24. The first kappa shape index (κ1) is 21.4. The molecule has 3 rings (SSSR count). The van der Waals surface area contributed by atoms with E-state index in [4.69, 9.17) is 0 Å². The molecule has 2 aromatic carbocycles. The number of para-hydroxylation sites is 2. The van der Waals surface area contributed by atoms with Crippen LogP contribution in [0.1, 0.15) is 12.5 Å². The lowest BCUT2D eigenvalue weighted by atomic mass is 10.2. The van der Waals surface area contributed by atoms with Crippen LogP contribution in [0.5, 0.6) is 0 Å². The summed E-state index contributed by atoms with van der Waals surface area (Å²) in [5, 5.41) is 3.67. The van der Waals surface area contributed by atoms with Crippen LogP contribution < -0.4 is 5.32 Å². The number of nitrogens with one attached hydrogen (secondary N) is 1. The summed E-state index contributed by atoms with van der Waals surface area (Å²) in [4.78, 5) is 30.9. The zero-order valence-corrected chi connectivity index (χ0v) is 19.0. The van der Waals surface area contributed by atoms with Gasteiger partial charge >= 0.3 is 0 Å². The number of rotatable bonds is 7. The van der Waals surface area contributed by atoms with Crippen molar-refractivity contribution in [2.24, 2.45) is 0 Å². The molecule has 0 aliphatic carbocycles. The Labute approximate surface area is 182 Å². The first-order chi connectivity index (χ1) is 13.9. The van der Waals surface area contributed by atoms with E-state index in [2.05, 4.69) is 37.7 Å². The third kappa shape index (κ3) is 5.19. The second-order valence-electron chi connectivity index (χ2n) is 6.67. The number of thioether (sulfide) groups is 1. The van der Waals surface area contributed by atoms with Crippen molar-refractivity contribution in [3.8, 4) is 0 Å². The molecule has 6 nitrogen and oxygen atoms in total. The summed E-state index contributed by atoms with van der Waals surface area (Å²) < 4.78 is 3.05. The van der Waals surface area contributed by atoms with Crippen LogP contribution in [0.4, 0.5) is 5.69 Å². The minimum Gasteiger partial charge on any atom is -0.336 e. The van der Waals surface area contributed by atoms with Crippen molar-refractivity contribution in [3.05, 3.63) is 52.5 Å². The normalized spacial score (nSPS) is 10.9. The van der Waals surface area contributed by atoms with Gasteiger partial charge < -0.3 is 14.8 Å². The van der Waals surface area contributed by atoms with Gasteiger partial charge in [0.05, 0.1) is 23.3 Å². The number of amides is 2. The van der Waals surface area contributed by atoms with E-state index >= 15 is 0 Å². The lowest BCUT2D eigenvalue weighted by Crippen LogP contribution is -2.36. The third-order valence-corrected chi connectivity index (χ3v) is 5.98. The number of anilines is 1. The molecule has 0 aliphatic heterocycles. The van der Waals surface area contributed by atoms with E-state index < -0.39 is 0 Å². The van der Waals surface area contributed by atoms with Crippen molar-refractivity contribution >= 4 is 56.2 Å². The molecule has 0 bridgehead atoms. The number of halogens is 1. The Morgan fingerprint density at radius 2 is 2.00 bits per heavy atom. The Bertz CT molecular complexity index is 1050. The van der Waals surface area contributed by atoms with Crippen LogP contribution in [-0.4, -0.2) is 45.6 Å². The average Bonchev–Trinajstić information content (AvgIpc) is 3.05. The molecule has 0 spiro atoms. The quantitative estimate of drug-likeness (QED) is 0.517. The maximum Gasteiger partial charge on any atom is 0.243 e. The van der Waals surface area contributed by atoms with Crippen LogP contribution in [-0.2, 0) is 16.1 Å². The molecular weight excluding hydrogens is 452 g/mol. The van der Waals surface area contributed by atoms with Gasteiger partial charge in [-0.05, 0) is 49.7 Å². The van der Waals surface area contributed by atoms with Gasteiger partial charge in [0.25, 0.3) is 0 Å². The Morgan fingerprint density at radius 3 is 2.72 bits per heavy atom. The van der Waals surface area contributed by atoms with Gasteiger partial charge in [-0.25, -0.2) is 4.98 Å². The predicted molar refractivity (Wildman–Crippen MR) is 121 cm³/mol. The number of carbonyl (C=O) groups is 2. The Hall–Kier alpha value is -2.32. The van der Waals surface area contributed by atoms with E-state index in [1.807, 2.05) is 49.4 Å². The third-order valence-electron chi connectivity index (χ3n) is 4.53. The number of likely N-dealkylation sites (N-methyl/N-ethyl adjacent to an activating group) is 1. The Balaban J connectivity index is 1.57. The number of imidazole rings is 1. The van der Waals surface area contributed by atoms with E-state index in [1.54, 1.807) is 7.05 Å². The molecule has 1 aromatic heterocycles. The molecule has 8 heteroatoms. The largest absolute Gasteiger partial charge is 0.336 e. The van der Waals surface area contributed by atoms with E-state index in [1.165, 1.54) is 16.7 Å². The molecule has 1 heterocycles. The molecule has 3 aromatic rings. The minimum absolute atomic E-state index is 0.000902. The molecule has 2 amide bonds. The molecule has 1 N–H and O–H groups in total. The summed E-state index contributed by atoms with van der Waals surface area (Å²) >= 11 is 4.80. The number of carbonyl (C=O) groups excluding carboxylic acids is 2. The summed E-state index contributed by atoms with van der Waals surface area (Å²) in [6.45, 7) is 4.76. The van der Waals surface area contributed by atoms with E-state index in [0.717, 1.165) is 38.5 Å². The monoisotopic (exact) mass is 474 g/mol. The molecule has 0 saturated heterocycles. The van der Waals surface area contributed by atoms with Crippen molar-refractivity contribution in [2.45, 2.75) is 25.5 Å². The first-order valence-corrected chi connectivity index (χ1v) is 11.0. The van der Waals surface area contributed by atoms with E-state index in [0.29, 0.717) is 0 Å². The zero-order valence-electron chi connectivity index (χ0n) is 16.6. The summed E-state index contributed by atoms with van der Waals surface area (Å²) in [7, 11) is 1.64. The van der Waals surface area contributed by atoms with Gasteiger partial charge in [-0.3, -0.25) is 9.59 Å². The zero-order chi connectivity index (χ0) is 21.0. The van der Waals surface area contributed by atoms with Crippen molar-refractivity contribution in [3.63, 3.8) is 0 Å². The predicted octanol–water partition coefficient (Wildman–Crippen LogP) is 4.32. The smallest absolute Gasteiger partial charge is 0.243 e. The van der Waals surface area contributed by atoms with Crippen LogP contribution in [0.3, 0.4) is 0 Å². The number of fused-ring (bicyclic) bond motifs is 1. The number of aromatic nitrogens is 2. The van der Waals surface area contributed by atoms with Crippen molar-refractivity contribution < 1.29 is 9.59 Å². The fourth-order valence-corrected chi connectivity index (χ4v) is 4.46. The highest BCUT2D eigenvalue weighted by Gasteiger charge is 2.16. The lowest BCUT2D eigenvalue weighted by molar-refractivity contribution is -0.131. The van der Waals surface area contributed by atoms with Crippen molar-refractivity contribution in [2.75, 3.05) is 24.7 Å². The number of hydrogen-bond acceptors (Lipinski definition) is 4. The van der Waals surface area contributed by atoms with E-state index in [-0.39, 0.29) is 24.1 Å². The second-order valence-corrected chi connectivity index (χ2v) is 8.53. The average molecular weight is 475 g/mol. The van der Waals surface area contributed by atoms with E-state index in [9.17, 15) is 9.59 Å². The fourth-order valence-electron chi connectivity index (χ4n) is 2.97. The van der Waals surface area contributed by atoms with Gasteiger partial charge in [-0.2, -0.15) is 0 Å². The summed E-state index contributed by atoms with van der Waals surface area (Å²) in [5.41, 5.74) is 3.67. The molecular formula is C21H23BrN4O2S. The van der Waals surface area contributed by atoms with Gasteiger partial charge in [-0.15, -0.1) is 0 Å². The van der Waals surface area contributed by atoms with Crippen LogP contribution in [0, 0.1) is 6.92 Å². The number of aryl methyl sites for hydroxylation is 2. The molecule has 29 heavy (non-hydrogen) atoms. The van der Waals surface area contributed by atoms with Crippen molar-refractivity contribution in [1.29, 1.82) is 0 Å². The Morgan fingerprint density at radius 1 is 1.24 bits per heavy atom. The molecule has 0 unspecified atom stereocenters. The van der Waals surface area contributed by atoms with Gasteiger partial charge in [0.15, 0.2) is 5.16 Å². The highest BCUT2D eigenvalue weighted by atomic mass is 79.9. The molecule has 0 fully saturated rings. The van der Waals surface area contributed by atoms with Gasteiger partial charge in [0, 0.05) is 23.8 Å². The van der Waals surface area contributed by atoms with Crippen LogP contribution >= 0.6 is 27.7 Å². The summed E-state index contributed by atoms with van der Waals surface area (Å²) in [5.74, 6) is -0.116. The topological polar surface area (TPSA) is 67.2 Å². The highest BCUT2D eigenvalue weighted by molar-refractivity contribution is 9.10. The van der Waals surface area contributed by atoms with Gasteiger partial charge in [0.2, 0.25) is 11.8 Å². The SMILES string of the molecule is CCn1c(SCC(=O)N(C)CC(=O)Nc2ccc(Br)cc2C)nc2ccccc21. The molecule has 0 aliphatic rings. The molecule has 0 atom stereocenters. The second kappa shape index (κ2) is 9.45. The minimum atomic E-state index is -0.225. The maximum atomic E-state index is 12.5. The Kier molecular flexibility index (Phi) is 6.97. The standard InChI is InChI=1S/C21H23BrN4O2S/c1-4-26-18-8-6-5-7-17(18)24-21(26)29-13-20(28)25(3)12-19(27)23-16-10-9-15(22)11-14(16)2/h5-11H,4,12-13H2,1-3H3,(H,23,27). The van der Waals surface area contributed by atoms with Crippen LogP contribution in [0.25, 0.3) is 11.0 Å². The van der Waals surface area contributed by atoms with Crippen LogP contribution in [0.15, 0.2) is 52.1 Å². The van der Waals surface area contributed by atoms with Crippen LogP contribution in [0.2, 0.25) is 0 Å². The lowest BCUT2D eigenvalue weighted by Gasteiger charge is -2.17. The fraction of sp³-hybridized carbons (Fsp3) is 0.286. The maximum absolute atomic E-state index is 12.5. The number of benzene rings is 2. The molecule has 0 saturated carbocycles. The van der Waals surface area contributed by atoms with Gasteiger partial charge in [0.1, 0.15) is 0 Å². The first-order valence-electron chi connectivity index (χ1n) is 9.27. The van der Waals surface area contributed by atoms with Gasteiger partial charge in [-0.1, -0.05) is 39.8 Å². The van der Waals surface area contributed by atoms with Crippen molar-refractivity contribution in [1.82, 2.24) is 14.5 Å².